The van der Waals surface area contributed by atoms with Crippen molar-refractivity contribution in [2.24, 2.45) is 0 Å². The summed E-state index contributed by atoms with van der Waals surface area (Å²) < 4.78 is 32.9. The number of methoxy groups -OCH3 is 1. The van der Waals surface area contributed by atoms with Gasteiger partial charge in [-0.3, -0.25) is 4.72 Å². The summed E-state index contributed by atoms with van der Waals surface area (Å²) in [4.78, 5) is 0. The van der Waals surface area contributed by atoms with Gasteiger partial charge in [0.1, 0.15) is 11.5 Å². The number of phenolic OH excluding ortho intramolecular Hbond substituents is 1. The maximum absolute atomic E-state index is 11.9. The number of phenols is 1. The minimum atomic E-state index is -3.51. The van der Waals surface area contributed by atoms with Crippen molar-refractivity contribution in [1.29, 1.82) is 0 Å². The molecule has 0 aliphatic carbocycles. The van der Waals surface area contributed by atoms with Gasteiger partial charge >= 0.3 is 0 Å². The molecule has 5 nitrogen and oxygen atoms in total. The van der Waals surface area contributed by atoms with Gasteiger partial charge in [-0.05, 0) is 54.4 Å². The Morgan fingerprint density at radius 2 is 1.78 bits per heavy atom. The standard InChI is InChI=1S/C20H20BrNO4S/c1-11-9-16(22-27(4,24)25)18(12(2)20(11)26-3)19-15-7-6-14(21)10-13(15)5-8-17(19)23/h5-10,22-23H,1-4H3. The highest BCUT2D eigenvalue weighted by atomic mass is 79.9. The van der Waals surface area contributed by atoms with E-state index in [1.807, 2.05) is 38.1 Å². The number of halogens is 1. The Morgan fingerprint density at radius 1 is 1.07 bits per heavy atom. The summed E-state index contributed by atoms with van der Waals surface area (Å²) in [5, 5.41) is 12.4. The third kappa shape index (κ3) is 3.75. The zero-order chi connectivity index (χ0) is 19.9. The average Bonchev–Trinajstić information content (AvgIpc) is 2.55. The van der Waals surface area contributed by atoms with E-state index in [1.165, 1.54) is 0 Å². The maximum Gasteiger partial charge on any atom is 0.229 e. The van der Waals surface area contributed by atoms with Crippen molar-refractivity contribution in [2.45, 2.75) is 13.8 Å². The smallest absolute Gasteiger partial charge is 0.229 e. The topological polar surface area (TPSA) is 75.6 Å². The number of hydrogen-bond donors (Lipinski definition) is 2. The number of ether oxygens (including phenoxy) is 1. The number of benzene rings is 3. The van der Waals surface area contributed by atoms with Crippen molar-refractivity contribution in [2.75, 3.05) is 18.1 Å². The van der Waals surface area contributed by atoms with E-state index in [4.69, 9.17) is 4.74 Å². The van der Waals surface area contributed by atoms with Gasteiger partial charge in [0, 0.05) is 21.2 Å². The molecule has 0 spiro atoms. The summed E-state index contributed by atoms with van der Waals surface area (Å²) in [6, 6.07) is 10.9. The van der Waals surface area contributed by atoms with Crippen LogP contribution in [0.3, 0.4) is 0 Å². The van der Waals surface area contributed by atoms with E-state index in [0.717, 1.165) is 32.6 Å². The van der Waals surface area contributed by atoms with Gasteiger partial charge in [-0.15, -0.1) is 0 Å². The first kappa shape index (κ1) is 19.5. The number of rotatable bonds is 4. The van der Waals surface area contributed by atoms with Crippen molar-refractivity contribution in [3.05, 3.63) is 52.0 Å². The van der Waals surface area contributed by atoms with E-state index in [9.17, 15) is 13.5 Å². The molecule has 0 atom stereocenters. The van der Waals surface area contributed by atoms with Crippen LogP contribution in [-0.2, 0) is 10.0 Å². The molecular formula is C20H20BrNO4S. The summed E-state index contributed by atoms with van der Waals surface area (Å²) >= 11 is 3.46. The number of nitrogens with one attached hydrogen (secondary N) is 1. The number of aromatic hydroxyl groups is 1. The predicted octanol–water partition coefficient (Wildman–Crippen LogP) is 4.97. The molecule has 7 heteroatoms. The van der Waals surface area contributed by atoms with Crippen molar-refractivity contribution in [3.63, 3.8) is 0 Å². The lowest BCUT2D eigenvalue weighted by Crippen LogP contribution is -2.12. The molecule has 0 aliphatic heterocycles. The zero-order valence-electron chi connectivity index (χ0n) is 15.4. The molecule has 0 heterocycles. The molecule has 0 fully saturated rings. The van der Waals surface area contributed by atoms with Gasteiger partial charge in [0.05, 0.1) is 19.1 Å². The largest absolute Gasteiger partial charge is 0.507 e. The van der Waals surface area contributed by atoms with Crippen molar-refractivity contribution in [1.82, 2.24) is 0 Å². The van der Waals surface area contributed by atoms with E-state index >= 15 is 0 Å². The van der Waals surface area contributed by atoms with Crippen molar-refractivity contribution in [3.8, 4) is 22.6 Å². The Morgan fingerprint density at radius 3 is 2.41 bits per heavy atom. The molecule has 0 radical (unpaired) electrons. The van der Waals surface area contributed by atoms with E-state index in [0.29, 0.717) is 22.6 Å². The Hall–Kier alpha value is -2.25. The summed E-state index contributed by atoms with van der Waals surface area (Å²) in [5.41, 5.74) is 3.09. The first-order chi connectivity index (χ1) is 12.6. The first-order valence-electron chi connectivity index (χ1n) is 8.20. The lowest BCUT2D eigenvalue weighted by molar-refractivity contribution is 0.409. The fourth-order valence-electron chi connectivity index (χ4n) is 3.43. The summed E-state index contributed by atoms with van der Waals surface area (Å²) in [5.74, 6) is 0.716. The van der Waals surface area contributed by atoms with Crippen LogP contribution in [0.4, 0.5) is 5.69 Å². The van der Waals surface area contributed by atoms with Gasteiger partial charge in [-0.2, -0.15) is 0 Å². The molecule has 2 N–H and O–H groups in total. The Bertz CT molecular complexity index is 1160. The average molecular weight is 450 g/mol. The fourth-order valence-corrected chi connectivity index (χ4v) is 4.37. The van der Waals surface area contributed by atoms with Crippen LogP contribution >= 0.6 is 15.9 Å². The zero-order valence-corrected chi connectivity index (χ0v) is 17.8. The fraction of sp³-hybridized carbons (Fsp3) is 0.200. The molecule has 0 saturated heterocycles. The van der Waals surface area contributed by atoms with E-state index in [1.54, 1.807) is 19.2 Å². The van der Waals surface area contributed by atoms with Gasteiger partial charge in [0.25, 0.3) is 0 Å². The maximum atomic E-state index is 11.9. The number of hydrogen-bond acceptors (Lipinski definition) is 4. The van der Waals surface area contributed by atoms with E-state index in [2.05, 4.69) is 20.7 Å². The molecule has 0 aromatic heterocycles. The van der Waals surface area contributed by atoms with Crippen LogP contribution in [0.5, 0.6) is 11.5 Å². The van der Waals surface area contributed by atoms with Crippen molar-refractivity contribution < 1.29 is 18.3 Å². The molecule has 27 heavy (non-hydrogen) atoms. The Balaban J connectivity index is 2.47. The highest BCUT2D eigenvalue weighted by Gasteiger charge is 2.21. The lowest BCUT2D eigenvalue weighted by Gasteiger charge is -2.21. The number of aryl methyl sites for hydroxylation is 1. The second-order valence-electron chi connectivity index (χ2n) is 6.47. The van der Waals surface area contributed by atoms with Crippen LogP contribution in [0, 0.1) is 13.8 Å². The highest BCUT2D eigenvalue weighted by molar-refractivity contribution is 9.10. The van der Waals surface area contributed by atoms with E-state index in [-0.39, 0.29) is 5.75 Å². The Labute approximate surface area is 167 Å². The SMILES string of the molecule is COc1c(C)cc(NS(C)(=O)=O)c(-c2c(O)ccc3cc(Br)ccc23)c1C. The van der Waals surface area contributed by atoms with Crippen molar-refractivity contribution >= 4 is 42.4 Å². The van der Waals surface area contributed by atoms with Gasteiger partial charge in [-0.1, -0.05) is 28.1 Å². The molecule has 0 bridgehead atoms. The second-order valence-corrected chi connectivity index (χ2v) is 9.14. The van der Waals surface area contributed by atoms with Crippen LogP contribution in [0.15, 0.2) is 40.9 Å². The summed E-state index contributed by atoms with van der Waals surface area (Å²) in [6.07, 6.45) is 1.10. The molecule has 0 saturated carbocycles. The molecule has 3 aromatic rings. The molecule has 0 aliphatic rings. The van der Waals surface area contributed by atoms with Gasteiger partial charge in [-0.25, -0.2) is 8.42 Å². The third-order valence-corrected chi connectivity index (χ3v) is 5.50. The molecule has 3 aromatic carbocycles. The number of anilines is 1. The third-order valence-electron chi connectivity index (χ3n) is 4.41. The monoisotopic (exact) mass is 449 g/mol. The quantitative estimate of drug-likeness (QED) is 0.589. The normalized spacial score (nSPS) is 11.6. The minimum absolute atomic E-state index is 0.0652. The van der Waals surface area contributed by atoms with E-state index < -0.39 is 10.0 Å². The van der Waals surface area contributed by atoms with Crippen LogP contribution in [0.25, 0.3) is 21.9 Å². The van der Waals surface area contributed by atoms with Gasteiger partial charge in [0.15, 0.2) is 0 Å². The molecule has 0 amide bonds. The first-order valence-corrected chi connectivity index (χ1v) is 10.9. The van der Waals surface area contributed by atoms with Crippen LogP contribution in [0.2, 0.25) is 0 Å². The molecule has 3 rings (SSSR count). The highest BCUT2D eigenvalue weighted by Crippen LogP contribution is 2.46. The van der Waals surface area contributed by atoms with Gasteiger partial charge in [0.2, 0.25) is 10.0 Å². The summed E-state index contributed by atoms with van der Waals surface area (Å²) in [7, 11) is -1.94. The predicted molar refractivity (Wildman–Crippen MR) is 113 cm³/mol. The second kappa shape index (κ2) is 7.05. The Kier molecular flexibility index (Phi) is 5.10. The number of sulfonamides is 1. The lowest BCUT2D eigenvalue weighted by atomic mass is 9.91. The minimum Gasteiger partial charge on any atom is -0.507 e. The molecule has 0 unspecified atom stereocenters. The van der Waals surface area contributed by atoms with Crippen LogP contribution in [-0.4, -0.2) is 26.9 Å². The van der Waals surface area contributed by atoms with Gasteiger partial charge < -0.3 is 9.84 Å². The molecule has 142 valence electrons. The van der Waals surface area contributed by atoms with Crippen LogP contribution in [0.1, 0.15) is 11.1 Å². The number of fused-ring (bicyclic) bond motifs is 1. The van der Waals surface area contributed by atoms with Crippen LogP contribution < -0.4 is 9.46 Å². The summed E-state index contributed by atoms with van der Waals surface area (Å²) in [6.45, 7) is 3.70. The molecular weight excluding hydrogens is 430 g/mol.